The van der Waals surface area contributed by atoms with Crippen molar-refractivity contribution in [1.29, 1.82) is 0 Å². The highest BCUT2D eigenvalue weighted by molar-refractivity contribution is 5.37. The number of halogens is 3. The van der Waals surface area contributed by atoms with Crippen LogP contribution in [0, 0.1) is 11.8 Å². The first kappa shape index (κ1) is 12.3. The summed E-state index contributed by atoms with van der Waals surface area (Å²) in [5.74, 6) is 4.50. The van der Waals surface area contributed by atoms with Crippen LogP contribution >= 0.6 is 0 Å². The predicted molar refractivity (Wildman–Crippen MR) is 50.4 cm³/mol. The van der Waals surface area contributed by atoms with Crippen molar-refractivity contribution in [2.24, 2.45) is 5.73 Å². The van der Waals surface area contributed by atoms with Crippen LogP contribution in [0.4, 0.5) is 13.2 Å². The Balaban J connectivity index is 3.27. The zero-order valence-electron chi connectivity index (χ0n) is 8.06. The molecule has 1 aromatic rings. The molecule has 0 unspecified atom stereocenters. The van der Waals surface area contributed by atoms with Crippen molar-refractivity contribution in [3.05, 3.63) is 27.9 Å². The molecule has 1 aromatic heterocycles. The van der Waals surface area contributed by atoms with Crippen LogP contribution in [0.2, 0.25) is 0 Å². The molecule has 0 spiro atoms. The highest BCUT2D eigenvalue weighted by atomic mass is 19.4. The Bertz CT molecular complexity index is 481. The van der Waals surface area contributed by atoms with Gasteiger partial charge in [-0.25, -0.2) is 4.98 Å². The first-order valence-electron chi connectivity index (χ1n) is 4.30. The van der Waals surface area contributed by atoms with Crippen LogP contribution in [0.5, 0.6) is 0 Å². The SMILES string of the molecule is NCCC#Cc1c(C(F)(F)F)nc[nH]c1=O. The summed E-state index contributed by atoms with van der Waals surface area (Å²) in [4.78, 5) is 16.3. The van der Waals surface area contributed by atoms with E-state index in [-0.39, 0.29) is 13.0 Å². The van der Waals surface area contributed by atoms with Crippen LogP contribution in [0.3, 0.4) is 0 Å². The molecular weight excluding hydrogens is 223 g/mol. The van der Waals surface area contributed by atoms with E-state index in [1.807, 2.05) is 4.98 Å². The Morgan fingerprint density at radius 1 is 1.50 bits per heavy atom. The van der Waals surface area contributed by atoms with E-state index in [4.69, 9.17) is 5.73 Å². The van der Waals surface area contributed by atoms with Gasteiger partial charge in [0.25, 0.3) is 5.56 Å². The summed E-state index contributed by atoms with van der Waals surface area (Å²) in [5, 5.41) is 0. The lowest BCUT2D eigenvalue weighted by molar-refractivity contribution is -0.141. The number of nitrogens with one attached hydrogen (secondary N) is 1. The number of nitrogens with two attached hydrogens (primary N) is 1. The molecular formula is C9H8F3N3O. The average Bonchev–Trinajstić information content (AvgIpc) is 2.19. The van der Waals surface area contributed by atoms with Gasteiger partial charge in [-0.15, -0.1) is 0 Å². The fraction of sp³-hybridized carbons (Fsp3) is 0.333. The van der Waals surface area contributed by atoms with Gasteiger partial charge in [-0.2, -0.15) is 13.2 Å². The third-order valence-electron chi connectivity index (χ3n) is 1.60. The molecule has 0 fully saturated rings. The number of aromatic amines is 1. The number of alkyl halides is 3. The quantitative estimate of drug-likeness (QED) is 0.691. The third-order valence-corrected chi connectivity index (χ3v) is 1.60. The van der Waals surface area contributed by atoms with Crippen LogP contribution in [0.1, 0.15) is 17.7 Å². The molecule has 4 nitrogen and oxygen atoms in total. The van der Waals surface area contributed by atoms with E-state index in [0.717, 1.165) is 0 Å². The summed E-state index contributed by atoms with van der Waals surface area (Å²) in [6, 6.07) is 0. The zero-order valence-corrected chi connectivity index (χ0v) is 8.06. The van der Waals surface area contributed by atoms with E-state index in [9.17, 15) is 18.0 Å². The van der Waals surface area contributed by atoms with Gasteiger partial charge in [0.1, 0.15) is 5.56 Å². The molecule has 86 valence electrons. The monoisotopic (exact) mass is 231 g/mol. The second kappa shape index (κ2) is 4.81. The zero-order chi connectivity index (χ0) is 12.2. The second-order valence-electron chi connectivity index (χ2n) is 2.79. The van der Waals surface area contributed by atoms with Gasteiger partial charge in [0.2, 0.25) is 0 Å². The Morgan fingerprint density at radius 2 is 2.19 bits per heavy atom. The first-order chi connectivity index (χ1) is 7.46. The summed E-state index contributed by atoms with van der Waals surface area (Å²) < 4.78 is 37.3. The van der Waals surface area contributed by atoms with Crippen LogP contribution in [-0.2, 0) is 6.18 Å². The van der Waals surface area contributed by atoms with E-state index < -0.39 is 23.0 Å². The maximum absolute atomic E-state index is 12.4. The lowest BCUT2D eigenvalue weighted by Gasteiger charge is -2.05. The molecule has 0 aliphatic heterocycles. The Hall–Kier alpha value is -1.81. The fourth-order valence-electron chi connectivity index (χ4n) is 0.954. The summed E-state index contributed by atoms with van der Waals surface area (Å²) in [6.07, 6.45) is -3.79. The number of nitrogens with zero attached hydrogens (tertiary/aromatic N) is 1. The standard InChI is InChI=1S/C9H8F3N3O/c10-9(11,12)7-6(3-1-2-4-13)8(16)15-5-14-7/h5H,2,4,13H2,(H,14,15,16). The molecule has 0 aliphatic carbocycles. The van der Waals surface area contributed by atoms with Crippen molar-refractivity contribution >= 4 is 0 Å². The van der Waals surface area contributed by atoms with Gasteiger partial charge in [-0.1, -0.05) is 11.8 Å². The Morgan fingerprint density at radius 3 is 2.75 bits per heavy atom. The molecule has 16 heavy (non-hydrogen) atoms. The van der Waals surface area contributed by atoms with Gasteiger partial charge in [0.05, 0.1) is 6.33 Å². The summed E-state index contributed by atoms with van der Waals surface area (Å²) in [5.41, 5.74) is 2.26. The van der Waals surface area contributed by atoms with Crippen molar-refractivity contribution in [2.45, 2.75) is 12.6 Å². The van der Waals surface area contributed by atoms with Crippen LogP contribution < -0.4 is 11.3 Å². The molecule has 7 heteroatoms. The largest absolute Gasteiger partial charge is 0.434 e. The summed E-state index contributed by atoms with van der Waals surface area (Å²) >= 11 is 0. The molecule has 0 radical (unpaired) electrons. The first-order valence-corrected chi connectivity index (χ1v) is 4.30. The molecule has 0 amide bonds. The highest BCUT2D eigenvalue weighted by Gasteiger charge is 2.36. The van der Waals surface area contributed by atoms with Crippen molar-refractivity contribution in [2.75, 3.05) is 6.54 Å². The summed E-state index contributed by atoms with van der Waals surface area (Å²) in [6.45, 7) is 0.215. The molecule has 0 atom stereocenters. The lowest BCUT2D eigenvalue weighted by Crippen LogP contribution is -2.20. The molecule has 1 rings (SSSR count). The van der Waals surface area contributed by atoms with Gasteiger partial charge in [-0.3, -0.25) is 4.79 Å². The predicted octanol–water partition coefficient (Wildman–Crippen LogP) is 0.489. The molecule has 0 bridgehead atoms. The van der Waals surface area contributed by atoms with Gasteiger partial charge >= 0.3 is 6.18 Å². The molecule has 0 saturated heterocycles. The Labute approximate surface area is 88.7 Å². The van der Waals surface area contributed by atoms with E-state index >= 15 is 0 Å². The molecule has 3 N–H and O–H groups in total. The number of H-pyrrole nitrogens is 1. The maximum atomic E-state index is 12.4. The van der Waals surface area contributed by atoms with Gasteiger partial charge in [0, 0.05) is 13.0 Å². The third kappa shape index (κ3) is 2.84. The van der Waals surface area contributed by atoms with Crippen molar-refractivity contribution in [3.63, 3.8) is 0 Å². The van der Waals surface area contributed by atoms with E-state index in [1.165, 1.54) is 0 Å². The van der Waals surface area contributed by atoms with E-state index in [0.29, 0.717) is 6.33 Å². The number of aromatic nitrogens is 2. The van der Waals surface area contributed by atoms with E-state index in [2.05, 4.69) is 16.8 Å². The van der Waals surface area contributed by atoms with Gasteiger partial charge in [-0.05, 0) is 0 Å². The maximum Gasteiger partial charge on any atom is 0.434 e. The number of hydrogen-bond acceptors (Lipinski definition) is 3. The topological polar surface area (TPSA) is 71.8 Å². The van der Waals surface area contributed by atoms with Crippen LogP contribution in [-0.4, -0.2) is 16.5 Å². The van der Waals surface area contributed by atoms with Crippen molar-refractivity contribution in [3.8, 4) is 11.8 Å². The Kier molecular flexibility index (Phi) is 3.68. The smallest absolute Gasteiger partial charge is 0.330 e. The second-order valence-corrected chi connectivity index (χ2v) is 2.79. The minimum absolute atomic E-state index is 0.214. The molecule has 1 heterocycles. The van der Waals surface area contributed by atoms with Gasteiger partial charge in [0.15, 0.2) is 5.69 Å². The normalized spacial score (nSPS) is 10.8. The average molecular weight is 231 g/mol. The van der Waals surface area contributed by atoms with Gasteiger partial charge < -0.3 is 10.7 Å². The highest BCUT2D eigenvalue weighted by Crippen LogP contribution is 2.28. The van der Waals surface area contributed by atoms with Crippen LogP contribution in [0.25, 0.3) is 0 Å². The van der Waals surface area contributed by atoms with Crippen molar-refractivity contribution in [1.82, 2.24) is 9.97 Å². The van der Waals surface area contributed by atoms with E-state index in [1.54, 1.807) is 0 Å². The molecule has 0 aromatic carbocycles. The molecule has 0 saturated carbocycles. The summed E-state index contributed by atoms with van der Waals surface area (Å²) in [7, 11) is 0. The van der Waals surface area contributed by atoms with Crippen molar-refractivity contribution < 1.29 is 13.2 Å². The van der Waals surface area contributed by atoms with Crippen LogP contribution in [0.15, 0.2) is 11.1 Å². The fourth-order valence-corrected chi connectivity index (χ4v) is 0.954. The molecule has 0 aliphatic rings. The minimum atomic E-state index is -4.69. The number of hydrogen-bond donors (Lipinski definition) is 2. The number of rotatable bonds is 1. The lowest BCUT2D eigenvalue weighted by atomic mass is 10.2. The minimum Gasteiger partial charge on any atom is -0.330 e.